The monoisotopic (exact) mass is 261 g/mol. The maximum Gasteiger partial charge on any atom is 0.241 e. The van der Waals surface area contributed by atoms with Crippen LogP contribution in [0, 0.1) is 16.7 Å². The van der Waals surface area contributed by atoms with E-state index in [1.54, 1.807) is 4.90 Å². The summed E-state index contributed by atoms with van der Waals surface area (Å²) in [6, 6.07) is 1.48. The minimum absolute atomic E-state index is 0.0701. The molecule has 0 spiro atoms. The molecule has 0 aromatic heterocycles. The van der Waals surface area contributed by atoms with Crippen molar-refractivity contribution < 1.29 is 4.79 Å². The number of hydrogen-bond acceptors (Lipinski definition) is 3. The van der Waals surface area contributed by atoms with Crippen molar-refractivity contribution in [2.45, 2.75) is 64.1 Å². The van der Waals surface area contributed by atoms with Gasteiger partial charge in [-0.2, -0.15) is 5.26 Å². The van der Waals surface area contributed by atoms with Crippen molar-refractivity contribution >= 4 is 5.91 Å². The summed E-state index contributed by atoms with van der Waals surface area (Å²) in [6.07, 6.45) is 4.63. The zero-order chi connectivity index (χ0) is 14.2. The summed E-state index contributed by atoms with van der Waals surface area (Å²) in [5, 5.41) is 9.17. The average molecular weight is 261 g/mol. The molecule has 4 nitrogen and oxygen atoms in total. The van der Waals surface area contributed by atoms with Crippen molar-refractivity contribution in [1.82, 2.24) is 4.90 Å². The molecule has 0 aromatic rings. The van der Waals surface area contributed by atoms with E-state index in [9.17, 15) is 4.79 Å². The fraction of sp³-hybridized carbons (Fsp3) is 0.733. The van der Waals surface area contributed by atoms with Crippen molar-refractivity contribution in [2.24, 2.45) is 11.1 Å². The number of nitriles is 1. The smallest absolute Gasteiger partial charge is 0.241 e. The fourth-order valence-corrected chi connectivity index (χ4v) is 3.44. The van der Waals surface area contributed by atoms with Crippen LogP contribution in [0.4, 0.5) is 0 Å². The molecule has 2 fully saturated rings. The van der Waals surface area contributed by atoms with Gasteiger partial charge in [-0.25, -0.2) is 0 Å². The van der Waals surface area contributed by atoms with Gasteiger partial charge in [-0.05, 0) is 39.5 Å². The van der Waals surface area contributed by atoms with Gasteiger partial charge in [0, 0.05) is 11.5 Å². The minimum Gasteiger partial charge on any atom is -0.323 e. The van der Waals surface area contributed by atoms with Crippen LogP contribution < -0.4 is 5.73 Å². The first-order valence-electron chi connectivity index (χ1n) is 7.07. The van der Waals surface area contributed by atoms with E-state index >= 15 is 0 Å². The van der Waals surface area contributed by atoms with Gasteiger partial charge in [0.15, 0.2) is 0 Å². The lowest BCUT2D eigenvalue weighted by atomic mass is 9.60. The van der Waals surface area contributed by atoms with E-state index in [-0.39, 0.29) is 23.4 Å². The molecule has 2 N–H and O–H groups in total. The van der Waals surface area contributed by atoms with Gasteiger partial charge in [0.1, 0.15) is 6.04 Å². The molecule has 1 saturated carbocycles. The molecule has 104 valence electrons. The van der Waals surface area contributed by atoms with Gasteiger partial charge >= 0.3 is 0 Å². The van der Waals surface area contributed by atoms with Crippen LogP contribution in [-0.4, -0.2) is 28.9 Å². The Hall–Kier alpha value is -1.34. The highest BCUT2D eigenvalue weighted by molar-refractivity contribution is 5.84. The van der Waals surface area contributed by atoms with Crippen LogP contribution in [-0.2, 0) is 4.79 Å². The summed E-state index contributed by atoms with van der Waals surface area (Å²) < 4.78 is 0. The number of nitrogens with two attached hydrogens (primary N) is 1. The molecule has 0 aromatic carbocycles. The zero-order valence-electron chi connectivity index (χ0n) is 11.9. The van der Waals surface area contributed by atoms with E-state index in [1.165, 1.54) is 0 Å². The Labute approximate surface area is 115 Å². The number of hydrogen-bond donors (Lipinski definition) is 1. The first kappa shape index (κ1) is 14.1. The lowest BCUT2D eigenvalue weighted by Crippen LogP contribution is -2.58. The first-order chi connectivity index (χ1) is 8.94. The Morgan fingerprint density at radius 1 is 1.53 bits per heavy atom. The van der Waals surface area contributed by atoms with Gasteiger partial charge in [-0.1, -0.05) is 18.6 Å². The van der Waals surface area contributed by atoms with E-state index in [0.717, 1.165) is 37.7 Å². The largest absolute Gasteiger partial charge is 0.323 e. The van der Waals surface area contributed by atoms with Crippen LogP contribution in [0.15, 0.2) is 12.2 Å². The summed E-state index contributed by atoms with van der Waals surface area (Å²) in [5.41, 5.74) is 7.02. The maximum absolute atomic E-state index is 12.7. The predicted octanol–water partition coefficient (Wildman–Crippen LogP) is 1.96. The van der Waals surface area contributed by atoms with Crippen molar-refractivity contribution in [2.75, 3.05) is 0 Å². The molecule has 1 saturated heterocycles. The van der Waals surface area contributed by atoms with Crippen LogP contribution >= 0.6 is 0 Å². The Bertz CT molecular complexity index is 433. The number of likely N-dealkylation sites (tertiary alicyclic amines) is 1. The summed E-state index contributed by atoms with van der Waals surface area (Å²) in [7, 11) is 0. The summed E-state index contributed by atoms with van der Waals surface area (Å²) in [5.74, 6) is -0.0701. The number of carbonyl (C=O) groups is 1. The highest BCUT2D eigenvalue weighted by atomic mass is 16.2. The van der Waals surface area contributed by atoms with Gasteiger partial charge in [0.05, 0.1) is 12.1 Å². The third-order valence-corrected chi connectivity index (χ3v) is 5.03. The molecule has 2 rings (SSSR count). The summed E-state index contributed by atoms with van der Waals surface area (Å²) in [4.78, 5) is 14.4. The molecule has 4 heteroatoms. The van der Waals surface area contributed by atoms with Crippen LogP contribution in [0.5, 0.6) is 0 Å². The van der Waals surface area contributed by atoms with Gasteiger partial charge in [0.2, 0.25) is 5.91 Å². The summed E-state index contributed by atoms with van der Waals surface area (Å²) >= 11 is 0. The molecule has 0 radical (unpaired) electrons. The molecule has 2 aliphatic rings. The second-order valence-electron chi connectivity index (χ2n) is 6.08. The SMILES string of the molecule is C=C(C)C1(C(N)C(=O)N2C(C#N)CC[C@H]2C)CCC1. The minimum atomic E-state index is -0.546. The Morgan fingerprint density at radius 2 is 2.16 bits per heavy atom. The average Bonchev–Trinajstić information content (AvgIpc) is 2.67. The molecule has 1 heterocycles. The standard InChI is InChI=1S/C15H23N3O/c1-10(2)15(7-4-8-15)13(17)14(19)18-11(3)5-6-12(18)9-16/h11-13H,1,4-8,17H2,2-3H3/t11-,12?,13?/m1/s1. The fourth-order valence-electron chi connectivity index (χ4n) is 3.44. The molecular formula is C15H23N3O. The normalized spacial score (nSPS) is 30.3. The Kier molecular flexibility index (Phi) is 3.69. The number of carbonyl (C=O) groups excluding carboxylic acids is 1. The molecule has 1 aliphatic carbocycles. The van der Waals surface area contributed by atoms with Gasteiger partial charge in [-0.3, -0.25) is 4.79 Å². The molecule has 2 unspecified atom stereocenters. The lowest BCUT2D eigenvalue weighted by molar-refractivity contribution is -0.138. The highest BCUT2D eigenvalue weighted by Crippen LogP contribution is 2.49. The van der Waals surface area contributed by atoms with E-state index < -0.39 is 6.04 Å². The second kappa shape index (κ2) is 4.97. The number of amides is 1. The first-order valence-corrected chi connectivity index (χ1v) is 7.07. The van der Waals surface area contributed by atoms with Crippen LogP contribution in [0.1, 0.15) is 46.0 Å². The predicted molar refractivity (Wildman–Crippen MR) is 74.0 cm³/mol. The van der Waals surface area contributed by atoms with Crippen LogP contribution in [0.3, 0.4) is 0 Å². The van der Waals surface area contributed by atoms with Crippen molar-refractivity contribution in [3.63, 3.8) is 0 Å². The van der Waals surface area contributed by atoms with Crippen molar-refractivity contribution in [3.8, 4) is 6.07 Å². The second-order valence-corrected chi connectivity index (χ2v) is 6.08. The van der Waals surface area contributed by atoms with Gasteiger partial charge < -0.3 is 10.6 Å². The topological polar surface area (TPSA) is 70.1 Å². The molecule has 3 atom stereocenters. The van der Waals surface area contributed by atoms with Crippen LogP contribution in [0.2, 0.25) is 0 Å². The molecular weight excluding hydrogens is 238 g/mol. The lowest BCUT2D eigenvalue weighted by Gasteiger charge is -2.47. The van der Waals surface area contributed by atoms with E-state index in [0.29, 0.717) is 0 Å². The third-order valence-electron chi connectivity index (χ3n) is 5.03. The summed E-state index contributed by atoms with van der Waals surface area (Å²) in [6.45, 7) is 7.98. The van der Waals surface area contributed by atoms with Crippen molar-refractivity contribution in [3.05, 3.63) is 12.2 Å². The van der Waals surface area contributed by atoms with Crippen molar-refractivity contribution in [1.29, 1.82) is 5.26 Å². The molecule has 0 bridgehead atoms. The van der Waals surface area contributed by atoms with Gasteiger partial charge in [0.25, 0.3) is 0 Å². The van der Waals surface area contributed by atoms with E-state index in [1.807, 2.05) is 13.8 Å². The maximum atomic E-state index is 12.7. The molecule has 1 amide bonds. The zero-order valence-corrected chi connectivity index (χ0v) is 11.9. The Morgan fingerprint density at radius 3 is 2.58 bits per heavy atom. The quantitative estimate of drug-likeness (QED) is 0.789. The Balaban J connectivity index is 2.19. The molecule has 19 heavy (non-hydrogen) atoms. The number of nitrogens with zero attached hydrogens (tertiary/aromatic N) is 2. The van der Waals surface area contributed by atoms with Crippen LogP contribution in [0.25, 0.3) is 0 Å². The van der Waals surface area contributed by atoms with Gasteiger partial charge in [-0.15, -0.1) is 0 Å². The molecule has 1 aliphatic heterocycles. The highest BCUT2D eigenvalue weighted by Gasteiger charge is 2.49. The van der Waals surface area contributed by atoms with E-state index in [2.05, 4.69) is 12.6 Å². The number of rotatable bonds is 3. The third kappa shape index (κ3) is 2.06. The van der Waals surface area contributed by atoms with E-state index in [4.69, 9.17) is 11.0 Å².